The van der Waals surface area contributed by atoms with Crippen molar-refractivity contribution in [3.05, 3.63) is 58.1 Å². The Morgan fingerprint density at radius 2 is 1.55 bits per heavy atom. The van der Waals surface area contributed by atoms with Gasteiger partial charge in [-0.3, -0.25) is 10.3 Å². The summed E-state index contributed by atoms with van der Waals surface area (Å²) in [5.41, 5.74) is 2.71. The van der Waals surface area contributed by atoms with Crippen LogP contribution in [0.15, 0.2) is 42.5 Å². The van der Waals surface area contributed by atoms with E-state index in [9.17, 15) is 0 Å². The van der Waals surface area contributed by atoms with Crippen LogP contribution in [0.25, 0.3) is 11.0 Å². The second kappa shape index (κ2) is 10.6. The molecule has 0 saturated carbocycles. The van der Waals surface area contributed by atoms with E-state index in [1.807, 2.05) is 12.1 Å². The molecule has 2 aromatic carbocycles. The number of hydrogen-bond acceptors (Lipinski definition) is 3. The SMILES string of the molecule is CC(C)N(CCn1c(=N)n(CCCOc2ccc(Cl)cc2Cl)c2ccccc21)C(C)C. The van der Waals surface area contributed by atoms with Crippen LogP contribution in [0.3, 0.4) is 0 Å². The summed E-state index contributed by atoms with van der Waals surface area (Å²) in [5.74, 6) is 0.632. The Morgan fingerprint density at radius 1 is 0.935 bits per heavy atom. The Balaban J connectivity index is 1.72. The summed E-state index contributed by atoms with van der Waals surface area (Å²) < 4.78 is 10.0. The molecule has 0 spiro atoms. The summed E-state index contributed by atoms with van der Waals surface area (Å²) >= 11 is 12.1. The minimum atomic E-state index is 0.472. The Kier molecular flexibility index (Phi) is 8.09. The van der Waals surface area contributed by atoms with Crippen molar-refractivity contribution in [2.24, 2.45) is 0 Å². The van der Waals surface area contributed by atoms with Gasteiger partial charge in [0, 0.05) is 36.7 Å². The van der Waals surface area contributed by atoms with E-state index >= 15 is 0 Å². The fourth-order valence-electron chi connectivity index (χ4n) is 4.07. The van der Waals surface area contributed by atoms with Crippen LogP contribution in [-0.4, -0.2) is 39.3 Å². The molecule has 168 valence electrons. The number of imidazole rings is 1. The van der Waals surface area contributed by atoms with Crippen LogP contribution in [0.4, 0.5) is 0 Å². The van der Waals surface area contributed by atoms with Crippen LogP contribution in [0.5, 0.6) is 5.75 Å². The lowest BCUT2D eigenvalue weighted by Gasteiger charge is -2.30. The molecule has 0 aliphatic heterocycles. The van der Waals surface area contributed by atoms with Crippen LogP contribution >= 0.6 is 23.2 Å². The zero-order valence-electron chi connectivity index (χ0n) is 18.7. The summed E-state index contributed by atoms with van der Waals surface area (Å²) in [5, 5.41) is 9.92. The minimum absolute atomic E-state index is 0.472. The third-order valence-electron chi connectivity index (χ3n) is 5.56. The van der Waals surface area contributed by atoms with E-state index in [-0.39, 0.29) is 0 Å². The Bertz CT molecular complexity index is 1060. The minimum Gasteiger partial charge on any atom is -0.492 e. The maximum Gasteiger partial charge on any atom is 0.203 e. The van der Waals surface area contributed by atoms with Crippen molar-refractivity contribution in [2.75, 3.05) is 13.2 Å². The van der Waals surface area contributed by atoms with Crippen molar-refractivity contribution in [2.45, 2.75) is 59.3 Å². The van der Waals surface area contributed by atoms with E-state index in [2.05, 4.69) is 53.9 Å². The number of hydrogen-bond donors (Lipinski definition) is 1. The number of aryl methyl sites for hydroxylation is 1. The molecule has 0 aliphatic rings. The molecule has 0 aliphatic carbocycles. The number of nitrogens with one attached hydrogen (secondary N) is 1. The summed E-state index contributed by atoms with van der Waals surface area (Å²) in [4.78, 5) is 2.46. The standard InChI is InChI=1S/C24H32Cl2N4O/c1-17(2)28(18(3)4)13-14-30-22-9-6-5-8-21(22)29(24(30)27)12-7-15-31-23-11-10-19(25)16-20(23)26/h5-6,8-11,16-18,27H,7,12-15H2,1-4H3. The van der Waals surface area contributed by atoms with Crippen molar-refractivity contribution >= 4 is 34.2 Å². The average Bonchev–Trinajstić information content (AvgIpc) is 2.98. The summed E-state index contributed by atoms with van der Waals surface area (Å²) in [6.45, 7) is 11.8. The lowest BCUT2D eigenvalue weighted by atomic mass is 10.2. The first-order chi connectivity index (χ1) is 14.8. The molecule has 0 fully saturated rings. The zero-order chi connectivity index (χ0) is 22.5. The van der Waals surface area contributed by atoms with Gasteiger partial charge in [-0.15, -0.1) is 0 Å². The maximum atomic E-state index is 8.82. The molecule has 5 nitrogen and oxygen atoms in total. The highest BCUT2D eigenvalue weighted by molar-refractivity contribution is 6.35. The van der Waals surface area contributed by atoms with Crippen LogP contribution in [0.2, 0.25) is 10.0 Å². The maximum absolute atomic E-state index is 8.82. The van der Waals surface area contributed by atoms with Crippen molar-refractivity contribution in [1.29, 1.82) is 5.41 Å². The molecule has 3 aromatic rings. The van der Waals surface area contributed by atoms with Crippen LogP contribution < -0.4 is 10.4 Å². The molecular weight excluding hydrogens is 431 g/mol. The molecule has 0 amide bonds. The van der Waals surface area contributed by atoms with E-state index in [1.165, 1.54) is 0 Å². The number of nitrogens with zero attached hydrogens (tertiary/aromatic N) is 3. The topological polar surface area (TPSA) is 46.2 Å². The normalized spacial score (nSPS) is 11.9. The van der Waals surface area contributed by atoms with E-state index in [0.29, 0.717) is 46.6 Å². The quantitative estimate of drug-likeness (QED) is 0.386. The first-order valence-electron chi connectivity index (χ1n) is 10.9. The van der Waals surface area contributed by atoms with E-state index in [4.69, 9.17) is 33.3 Å². The van der Waals surface area contributed by atoms with Gasteiger partial charge in [0.2, 0.25) is 5.62 Å². The molecule has 0 atom stereocenters. The molecule has 1 aromatic heterocycles. The average molecular weight is 463 g/mol. The van der Waals surface area contributed by atoms with E-state index in [1.54, 1.807) is 18.2 Å². The highest BCUT2D eigenvalue weighted by Crippen LogP contribution is 2.27. The van der Waals surface area contributed by atoms with Crippen molar-refractivity contribution in [1.82, 2.24) is 14.0 Å². The Hall–Kier alpha value is -1.95. The zero-order valence-corrected chi connectivity index (χ0v) is 20.2. The predicted molar refractivity (Wildman–Crippen MR) is 129 cm³/mol. The number of rotatable bonds is 10. The van der Waals surface area contributed by atoms with Gasteiger partial charge in [0.05, 0.1) is 22.7 Å². The molecule has 0 radical (unpaired) electrons. The van der Waals surface area contributed by atoms with Crippen molar-refractivity contribution < 1.29 is 4.74 Å². The third-order valence-corrected chi connectivity index (χ3v) is 6.09. The third kappa shape index (κ3) is 5.65. The van der Waals surface area contributed by atoms with Gasteiger partial charge in [-0.05, 0) is 64.4 Å². The first-order valence-corrected chi connectivity index (χ1v) is 11.6. The Labute approximate surface area is 194 Å². The molecule has 7 heteroatoms. The largest absolute Gasteiger partial charge is 0.492 e. The molecule has 0 bridgehead atoms. The lowest BCUT2D eigenvalue weighted by Crippen LogP contribution is -2.40. The van der Waals surface area contributed by atoms with Crippen molar-refractivity contribution in [3.63, 3.8) is 0 Å². The smallest absolute Gasteiger partial charge is 0.203 e. The second-order valence-corrected chi connectivity index (χ2v) is 9.16. The lowest BCUT2D eigenvalue weighted by molar-refractivity contribution is 0.168. The number of para-hydroxylation sites is 2. The van der Waals surface area contributed by atoms with Gasteiger partial charge in [-0.2, -0.15) is 0 Å². The first kappa shape index (κ1) is 23.7. The fraction of sp³-hybridized carbons (Fsp3) is 0.458. The number of halogens is 2. The molecule has 1 heterocycles. The molecule has 1 N–H and O–H groups in total. The summed E-state index contributed by atoms with van der Waals surface area (Å²) in [7, 11) is 0. The number of ether oxygens (including phenoxy) is 1. The van der Waals surface area contributed by atoms with Crippen LogP contribution in [-0.2, 0) is 13.1 Å². The van der Waals surface area contributed by atoms with E-state index in [0.717, 1.165) is 30.5 Å². The van der Waals surface area contributed by atoms with Gasteiger partial charge >= 0.3 is 0 Å². The van der Waals surface area contributed by atoms with Crippen LogP contribution in [0, 0.1) is 5.41 Å². The monoisotopic (exact) mass is 462 g/mol. The predicted octanol–water partition coefficient (Wildman–Crippen LogP) is 5.82. The summed E-state index contributed by atoms with van der Waals surface area (Å²) in [6, 6.07) is 14.4. The molecule has 31 heavy (non-hydrogen) atoms. The van der Waals surface area contributed by atoms with Gasteiger partial charge in [-0.25, -0.2) is 0 Å². The molecule has 0 saturated heterocycles. The number of fused-ring (bicyclic) bond motifs is 1. The van der Waals surface area contributed by atoms with Gasteiger partial charge in [-0.1, -0.05) is 35.3 Å². The van der Waals surface area contributed by atoms with Gasteiger partial charge < -0.3 is 13.9 Å². The Morgan fingerprint density at radius 3 is 2.13 bits per heavy atom. The molecule has 3 rings (SSSR count). The fourth-order valence-corrected chi connectivity index (χ4v) is 4.54. The number of benzene rings is 2. The molecule has 0 unspecified atom stereocenters. The highest BCUT2D eigenvalue weighted by atomic mass is 35.5. The molecular formula is C24H32Cl2N4O. The number of aromatic nitrogens is 2. The van der Waals surface area contributed by atoms with Crippen LogP contribution in [0.1, 0.15) is 34.1 Å². The van der Waals surface area contributed by atoms with Gasteiger partial charge in [0.1, 0.15) is 5.75 Å². The second-order valence-electron chi connectivity index (χ2n) is 8.32. The van der Waals surface area contributed by atoms with Crippen molar-refractivity contribution in [3.8, 4) is 5.75 Å². The van der Waals surface area contributed by atoms with E-state index < -0.39 is 0 Å². The summed E-state index contributed by atoms with van der Waals surface area (Å²) in [6.07, 6.45) is 0.771. The van der Waals surface area contributed by atoms with Gasteiger partial charge in [0.25, 0.3) is 0 Å². The highest BCUT2D eigenvalue weighted by Gasteiger charge is 2.16. The van der Waals surface area contributed by atoms with Gasteiger partial charge in [0.15, 0.2) is 0 Å².